The van der Waals surface area contributed by atoms with Gasteiger partial charge in [-0.15, -0.1) is 11.3 Å². The van der Waals surface area contributed by atoms with Crippen LogP contribution in [0.1, 0.15) is 24.2 Å². The van der Waals surface area contributed by atoms with E-state index >= 15 is 0 Å². The SMILES string of the molecule is CCOC(=O)c1c(NC(=O)C(C)Oc2ccccc2)sc2ccccc12. The molecule has 1 N–H and O–H groups in total. The molecule has 0 radical (unpaired) electrons. The van der Waals surface area contributed by atoms with E-state index in [2.05, 4.69) is 5.32 Å². The van der Waals surface area contributed by atoms with E-state index in [1.165, 1.54) is 11.3 Å². The van der Waals surface area contributed by atoms with Crippen LogP contribution in [0.25, 0.3) is 10.1 Å². The largest absolute Gasteiger partial charge is 0.481 e. The van der Waals surface area contributed by atoms with E-state index in [1.54, 1.807) is 26.0 Å². The Hall–Kier alpha value is -2.86. The van der Waals surface area contributed by atoms with E-state index in [9.17, 15) is 9.59 Å². The smallest absolute Gasteiger partial charge is 0.341 e. The molecule has 1 heterocycles. The number of carbonyl (C=O) groups is 2. The van der Waals surface area contributed by atoms with Crippen molar-refractivity contribution >= 4 is 38.3 Å². The maximum atomic E-state index is 12.5. The lowest BCUT2D eigenvalue weighted by Crippen LogP contribution is -2.30. The van der Waals surface area contributed by atoms with Crippen LogP contribution in [-0.2, 0) is 9.53 Å². The maximum Gasteiger partial charge on any atom is 0.341 e. The summed E-state index contributed by atoms with van der Waals surface area (Å²) < 4.78 is 11.7. The van der Waals surface area contributed by atoms with E-state index in [1.807, 2.05) is 42.5 Å². The van der Waals surface area contributed by atoms with Crippen LogP contribution in [0.3, 0.4) is 0 Å². The van der Waals surface area contributed by atoms with Crippen molar-refractivity contribution in [3.63, 3.8) is 0 Å². The predicted molar refractivity (Wildman–Crippen MR) is 103 cm³/mol. The monoisotopic (exact) mass is 369 g/mol. The molecule has 0 spiro atoms. The van der Waals surface area contributed by atoms with Crippen LogP contribution in [0.5, 0.6) is 5.75 Å². The Bertz CT molecular complexity index is 920. The first-order valence-corrected chi connectivity index (χ1v) is 9.13. The van der Waals surface area contributed by atoms with Gasteiger partial charge in [0.15, 0.2) is 6.10 Å². The topological polar surface area (TPSA) is 64.6 Å². The Balaban J connectivity index is 1.84. The third-order valence-corrected chi connectivity index (χ3v) is 4.82. The van der Waals surface area contributed by atoms with Gasteiger partial charge in [-0.3, -0.25) is 4.79 Å². The van der Waals surface area contributed by atoms with Gasteiger partial charge < -0.3 is 14.8 Å². The maximum absolute atomic E-state index is 12.5. The average molecular weight is 369 g/mol. The third kappa shape index (κ3) is 3.86. The molecule has 26 heavy (non-hydrogen) atoms. The highest BCUT2D eigenvalue weighted by Crippen LogP contribution is 2.36. The second-order valence-corrected chi connectivity index (χ2v) is 6.64. The summed E-state index contributed by atoms with van der Waals surface area (Å²) in [7, 11) is 0. The van der Waals surface area contributed by atoms with Crippen molar-refractivity contribution in [2.75, 3.05) is 11.9 Å². The molecular formula is C20H19NO4S. The van der Waals surface area contributed by atoms with E-state index in [0.29, 0.717) is 16.3 Å². The zero-order valence-electron chi connectivity index (χ0n) is 14.5. The van der Waals surface area contributed by atoms with Crippen LogP contribution in [0.2, 0.25) is 0 Å². The molecule has 0 aliphatic rings. The van der Waals surface area contributed by atoms with Crippen molar-refractivity contribution in [1.29, 1.82) is 0 Å². The molecule has 0 saturated carbocycles. The number of benzene rings is 2. The summed E-state index contributed by atoms with van der Waals surface area (Å²) >= 11 is 1.34. The normalized spacial score (nSPS) is 11.8. The van der Waals surface area contributed by atoms with E-state index in [-0.39, 0.29) is 12.5 Å². The van der Waals surface area contributed by atoms with E-state index in [4.69, 9.17) is 9.47 Å². The van der Waals surface area contributed by atoms with Crippen molar-refractivity contribution < 1.29 is 19.1 Å². The second-order valence-electron chi connectivity index (χ2n) is 5.59. The number of nitrogens with one attached hydrogen (secondary N) is 1. The Morgan fingerprint density at radius 1 is 1.08 bits per heavy atom. The van der Waals surface area contributed by atoms with Crippen LogP contribution in [-0.4, -0.2) is 24.6 Å². The molecule has 3 rings (SSSR count). The van der Waals surface area contributed by atoms with Gasteiger partial charge in [0.25, 0.3) is 5.91 Å². The van der Waals surface area contributed by atoms with Crippen LogP contribution in [0.15, 0.2) is 54.6 Å². The second kappa shape index (κ2) is 8.01. The number of rotatable bonds is 6. The zero-order valence-corrected chi connectivity index (χ0v) is 15.3. The lowest BCUT2D eigenvalue weighted by atomic mass is 10.1. The van der Waals surface area contributed by atoms with Gasteiger partial charge in [-0.1, -0.05) is 36.4 Å². The standard InChI is InChI=1S/C20H19NO4S/c1-3-24-20(23)17-15-11-7-8-12-16(15)26-19(17)21-18(22)13(2)25-14-9-5-4-6-10-14/h4-13H,3H2,1-2H3,(H,21,22). The molecule has 3 aromatic rings. The Labute approximate surface area is 155 Å². The predicted octanol–water partition coefficient (Wildman–Crippen LogP) is 4.48. The minimum Gasteiger partial charge on any atom is -0.481 e. The lowest BCUT2D eigenvalue weighted by molar-refractivity contribution is -0.122. The van der Waals surface area contributed by atoms with Crippen molar-refractivity contribution in [1.82, 2.24) is 0 Å². The molecule has 0 bridgehead atoms. The number of hydrogen-bond acceptors (Lipinski definition) is 5. The number of thiophene rings is 1. The van der Waals surface area contributed by atoms with Crippen molar-refractivity contribution in [2.45, 2.75) is 20.0 Å². The first-order chi connectivity index (χ1) is 12.6. The lowest BCUT2D eigenvalue weighted by Gasteiger charge is -2.14. The number of carbonyl (C=O) groups excluding carboxylic acids is 2. The molecule has 1 amide bonds. The minimum absolute atomic E-state index is 0.268. The van der Waals surface area contributed by atoms with Crippen molar-refractivity contribution in [3.05, 3.63) is 60.2 Å². The molecular weight excluding hydrogens is 350 g/mol. The molecule has 5 nitrogen and oxygen atoms in total. The summed E-state index contributed by atoms with van der Waals surface area (Å²) in [4.78, 5) is 24.9. The van der Waals surface area contributed by atoms with Gasteiger partial charge in [0.1, 0.15) is 16.3 Å². The fraction of sp³-hybridized carbons (Fsp3) is 0.200. The molecule has 1 unspecified atom stereocenters. The van der Waals surface area contributed by atoms with Gasteiger partial charge >= 0.3 is 5.97 Å². The number of para-hydroxylation sites is 1. The highest BCUT2D eigenvalue weighted by Gasteiger charge is 2.23. The summed E-state index contributed by atoms with van der Waals surface area (Å²) in [5.41, 5.74) is 0.382. The van der Waals surface area contributed by atoms with Crippen molar-refractivity contribution in [2.24, 2.45) is 0 Å². The fourth-order valence-corrected chi connectivity index (χ4v) is 3.60. The molecule has 0 fully saturated rings. The average Bonchev–Trinajstić information content (AvgIpc) is 3.00. The molecule has 1 atom stereocenters. The number of hydrogen-bond donors (Lipinski definition) is 1. The summed E-state index contributed by atoms with van der Waals surface area (Å²) in [6.07, 6.45) is -0.711. The Morgan fingerprint density at radius 3 is 2.50 bits per heavy atom. The van der Waals surface area contributed by atoms with Gasteiger partial charge in [0.2, 0.25) is 0 Å². The van der Waals surface area contributed by atoms with Crippen LogP contribution in [0.4, 0.5) is 5.00 Å². The number of esters is 1. The summed E-state index contributed by atoms with van der Waals surface area (Å²) in [6.45, 7) is 3.68. The van der Waals surface area contributed by atoms with Gasteiger partial charge in [-0.25, -0.2) is 4.79 Å². The quantitative estimate of drug-likeness (QED) is 0.651. The molecule has 6 heteroatoms. The molecule has 0 aliphatic heterocycles. The van der Waals surface area contributed by atoms with Crippen LogP contribution >= 0.6 is 11.3 Å². The molecule has 134 valence electrons. The third-order valence-electron chi connectivity index (χ3n) is 3.74. The highest BCUT2D eigenvalue weighted by molar-refractivity contribution is 7.23. The number of amides is 1. The summed E-state index contributed by atoms with van der Waals surface area (Å²) in [6, 6.07) is 16.6. The van der Waals surface area contributed by atoms with Crippen LogP contribution < -0.4 is 10.1 Å². The van der Waals surface area contributed by atoms with Gasteiger partial charge in [-0.05, 0) is 32.0 Å². The van der Waals surface area contributed by atoms with Gasteiger partial charge in [0.05, 0.1) is 6.61 Å². The van der Waals surface area contributed by atoms with Gasteiger partial charge in [-0.2, -0.15) is 0 Å². The number of ether oxygens (including phenoxy) is 2. The van der Waals surface area contributed by atoms with Crippen LogP contribution in [0, 0.1) is 0 Å². The molecule has 0 aliphatic carbocycles. The summed E-state index contributed by atoms with van der Waals surface area (Å²) in [5, 5.41) is 4.05. The first kappa shape index (κ1) is 17.9. The fourth-order valence-electron chi connectivity index (χ4n) is 2.51. The number of anilines is 1. The van der Waals surface area contributed by atoms with Gasteiger partial charge in [0, 0.05) is 10.1 Å². The first-order valence-electron chi connectivity index (χ1n) is 8.31. The Morgan fingerprint density at radius 2 is 1.77 bits per heavy atom. The highest BCUT2D eigenvalue weighted by atomic mass is 32.1. The minimum atomic E-state index is -0.711. The van der Waals surface area contributed by atoms with E-state index in [0.717, 1.165) is 10.1 Å². The zero-order chi connectivity index (χ0) is 18.5. The Kier molecular flexibility index (Phi) is 5.53. The molecule has 2 aromatic carbocycles. The van der Waals surface area contributed by atoms with E-state index < -0.39 is 12.1 Å². The summed E-state index contributed by atoms with van der Waals surface area (Å²) in [5.74, 6) is -0.167. The molecule has 0 saturated heterocycles. The number of fused-ring (bicyclic) bond motifs is 1. The molecule has 1 aromatic heterocycles. The van der Waals surface area contributed by atoms with Crippen molar-refractivity contribution in [3.8, 4) is 5.75 Å².